The third-order valence-electron chi connectivity index (χ3n) is 3.16. The molecule has 0 spiro atoms. The van der Waals surface area contributed by atoms with Gasteiger partial charge in [0.05, 0.1) is 0 Å². The highest BCUT2D eigenvalue weighted by Gasteiger charge is 2.17. The van der Waals surface area contributed by atoms with Gasteiger partial charge in [-0.2, -0.15) is 0 Å². The van der Waals surface area contributed by atoms with Crippen LogP contribution in [0, 0.1) is 0 Å². The summed E-state index contributed by atoms with van der Waals surface area (Å²) in [7, 11) is 0. The largest absolute Gasteiger partial charge is 0.329 e. The topological polar surface area (TPSA) is 29.3 Å². The van der Waals surface area contributed by atoms with Crippen molar-refractivity contribution in [2.75, 3.05) is 13.1 Å². The van der Waals surface area contributed by atoms with E-state index >= 15 is 0 Å². The molecular weight excluding hydrogens is 184 g/mol. The summed E-state index contributed by atoms with van der Waals surface area (Å²) in [6.45, 7) is 10.9. The van der Waals surface area contributed by atoms with Gasteiger partial charge in [0.2, 0.25) is 0 Å². The van der Waals surface area contributed by atoms with Gasteiger partial charge in [-0.3, -0.25) is 4.90 Å². The Kier molecular flexibility index (Phi) is 9.12. The Balaban J connectivity index is 3.87. The summed E-state index contributed by atoms with van der Waals surface area (Å²) in [5.41, 5.74) is 5.86. The lowest BCUT2D eigenvalue weighted by Crippen LogP contribution is -2.44. The first kappa shape index (κ1) is 14.9. The monoisotopic (exact) mass is 214 g/mol. The van der Waals surface area contributed by atoms with Crippen LogP contribution < -0.4 is 5.73 Å². The molecule has 0 rings (SSSR count). The number of likely N-dealkylation sites (N-methyl/N-ethyl adjacent to an activating group) is 1. The number of nitrogens with zero attached hydrogens (tertiary/aromatic N) is 1. The predicted octanol–water partition coefficient (Wildman–Crippen LogP) is 3.01. The van der Waals surface area contributed by atoms with E-state index in [1.54, 1.807) is 0 Å². The van der Waals surface area contributed by atoms with E-state index in [0.717, 1.165) is 13.1 Å². The zero-order valence-electron chi connectivity index (χ0n) is 11.1. The zero-order chi connectivity index (χ0) is 11.7. The van der Waals surface area contributed by atoms with Gasteiger partial charge >= 0.3 is 0 Å². The number of nitrogens with two attached hydrogens (primary N) is 1. The van der Waals surface area contributed by atoms with Crippen LogP contribution in [-0.4, -0.2) is 30.1 Å². The third kappa shape index (κ3) is 6.16. The van der Waals surface area contributed by atoms with Crippen molar-refractivity contribution in [1.29, 1.82) is 0 Å². The molecule has 92 valence electrons. The van der Waals surface area contributed by atoms with Crippen molar-refractivity contribution in [1.82, 2.24) is 4.90 Å². The number of unbranched alkanes of at least 4 members (excludes halogenated alkanes) is 3. The molecule has 0 aliphatic heterocycles. The minimum atomic E-state index is 0.590. The van der Waals surface area contributed by atoms with E-state index < -0.39 is 0 Å². The minimum absolute atomic E-state index is 0.590. The molecular formula is C13H30N2. The van der Waals surface area contributed by atoms with Crippen molar-refractivity contribution in [3.05, 3.63) is 0 Å². The molecule has 1 atom stereocenters. The maximum atomic E-state index is 5.86. The zero-order valence-corrected chi connectivity index (χ0v) is 11.1. The Morgan fingerprint density at radius 3 is 2.13 bits per heavy atom. The Bertz CT molecular complexity index is 134. The van der Waals surface area contributed by atoms with Gasteiger partial charge in [-0.15, -0.1) is 0 Å². The second-order valence-electron chi connectivity index (χ2n) is 4.66. The molecule has 2 heteroatoms. The minimum Gasteiger partial charge on any atom is -0.329 e. The van der Waals surface area contributed by atoms with Crippen LogP contribution in [0.25, 0.3) is 0 Å². The Labute approximate surface area is 96.2 Å². The van der Waals surface area contributed by atoms with Gasteiger partial charge in [0.25, 0.3) is 0 Å². The molecule has 0 radical (unpaired) electrons. The summed E-state index contributed by atoms with van der Waals surface area (Å²) in [6.07, 6.45) is 6.64. The number of hydrogen-bond donors (Lipinski definition) is 1. The van der Waals surface area contributed by atoms with E-state index in [9.17, 15) is 0 Å². The van der Waals surface area contributed by atoms with E-state index in [1.165, 1.54) is 32.1 Å². The molecule has 0 aliphatic rings. The van der Waals surface area contributed by atoms with Crippen LogP contribution in [0.3, 0.4) is 0 Å². The molecule has 0 fully saturated rings. The second-order valence-corrected chi connectivity index (χ2v) is 4.66. The molecule has 0 bridgehead atoms. The summed E-state index contributed by atoms with van der Waals surface area (Å²) in [5, 5.41) is 0. The van der Waals surface area contributed by atoms with Crippen molar-refractivity contribution in [3.8, 4) is 0 Å². The first-order valence-electron chi connectivity index (χ1n) is 6.63. The smallest absolute Gasteiger partial charge is 0.0220 e. The fraction of sp³-hybridized carbons (Fsp3) is 1.00. The third-order valence-corrected chi connectivity index (χ3v) is 3.16. The summed E-state index contributed by atoms with van der Waals surface area (Å²) in [4.78, 5) is 2.52. The molecule has 1 unspecified atom stereocenters. The van der Waals surface area contributed by atoms with E-state index in [4.69, 9.17) is 5.73 Å². The Morgan fingerprint density at radius 1 is 1.07 bits per heavy atom. The van der Waals surface area contributed by atoms with Crippen molar-refractivity contribution in [2.24, 2.45) is 5.73 Å². The molecule has 2 nitrogen and oxygen atoms in total. The van der Waals surface area contributed by atoms with E-state index in [1.807, 2.05) is 0 Å². The van der Waals surface area contributed by atoms with Crippen LogP contribution in [0.1, 0.15) is 59.8 Å². The van der Waals surface area contributed by atoms with Gasteiger partial charge in [0, 0.05) is 18.6 Å². The van der Waals surface area contributed by atoms with Crippen molar-refractivity contribution in [3.63, 3.8) is 0 Å². The first-order chi connectivity index (χ1) is 7.17. The highest BCUT2D eigenvalue weighted by Crippen LogP contribution is 2.12. The highest BCUT2D eigenvalue weighted by molar-refractivity contribution is 4.74. The molecule has 2 N–H and O–H groups in total. The van der Waals surface area contributed by atoms with Gasteiger partial charge in [-0.25, -0.2) is 0 Å². The maximum Gasteiger partial charge on any atom is 0.0220 e. The lowest BCUT2D eigenvalue weighted by Gasteiger charge is -2.33. The van der Waals surface area contributed by atoms with Gasteiger partial charge < -0.3 is 5.73 Å². The van der Waals surface area contributed by atoms with Crippen LogP contribution in [0.5, 0.6) is 0 Å². The molecule has 0 aromatic heterocycles. The molecule has 0 aromatic carbocycles. The average molecular weight is 214 g/mol. The SMILES string of the molecule is CCCCCCC(CN)N(CC)C(C)C. The normalized spacial score (nSPS) is 13.8. The van der Waals surface area contributed by atoms with E-state index in [-0.39, 0.29) is 0 Å². The molecule has 0 aromatic rings. The van der Waals surface area contributed by atoms with Gasteiger partial charge in [0.1, 0.15) is 0 Å². The molecule has 0 aliphatic carbocycles. The first-order valence-corrected chi connectivity index (χ1v) is 6.63. The van der Waals surface area contributed by atoms with Crippen LogP contribution in [0.4, 0.5) is 0 Å². The van der Waals surface area contributed by atoms with Crippen molar-refractivity contribution in [2.45, 2.75) is 71.9 Å². The molecule has 15 heavy (non-hydrogen) atoms. The van der Waals surface area contributed by atoms with Crippen LogP contribution in [-0.2, 0) is 0 Å². The summed E-state index contributed by atoms with van der Waals surface area (Å²) in [5.74, 6) is 0. The lowest BCUT2D eigenvalue weighted by molar-refractivity contribution is 0.155. The van der Waals surface area contributed by atoms with Crippen molar-refractivity contribution >= 4 is 0 Å². The number of rotatable bonds is 9. The molecule has 0 amide bonds. The standard InChI is InChI=1S/C13H30N2/c1-5-7-8-9-10-13(11-14)15(6-2)12(3)4/h12-13H,5-11,14H2,1-4H3. The Morgan fingerprint density at radius 2 is 1.73 bits per heavy atom. The molecule has 0 saturated heterocycles. The van der Waals surface area contributed by atoms with Gasteiger partial charge in [0.15, 0.2) is 0 Å². The Hall–Kier alpha value is -0.0800. The van der Waals surface area contributed by atoms with Crippen LogP contribution in [0.2, 0.25) is 0 Å². The fourth-order valence-corrected chi connectivity index (χ4v) is 2.27. The van der Waals surface area contributed by atoms with E-state index in [0.29, 0.717) is 12.1 Å². The average Bonchev–Trinajstić information content (AvgIpc) is 2.22. The summed E-state index contributed by atoms with van der Waals surface area (Å²) in [6, 6.07) is 1.21. The summed E-state index contributed by atoms with van der Waals surface area (Å²) >= 11 is 0. The lowest BCUT2D eigenvalue weighted by atomic mass is 10.0. The molecule has 0 saturated carbocycles. The van der Waals surface area contributed by atoms with Crippen molar-refractivity contribution < 1.29 is 0 Å². The predicted molar refractivity (Wildman–Crippen MR) is 69.1 cm³/mol. The molecule has 0 heterocycles. The van der Waals surface area contributed by atoms with Crippen LogP contribution >= 0.6 is 0 Å². The fourth-order valence-electron chi connectivity index (χ4n) is 2.27. The maximum absolute atomic E-state index is 5.86. The van der Waals surface area contributed by atoms with Crippen LogP contribution in [0.15, 0.2) is 0 Å². The number of hydrogen-bond acceptors (Lipinski definition) is 2. The quantitative estimate of drug-likeness (QED) is 0.598. The summed E-state index contributed by atoms with van der Waals surface area (Å²) < 4.78 is 0. The van der Waals surface area contributed by atoms with E-state index in [2.05, 4.69) is 32.6 Å². The highest BCUT2D eigenvalue weighted by atomic mass is 15.2. The second kappa shape index (κ2) is 9.17. The van der Waals surface area contributed by atoms with Gasteiger partial charge in [-0.1, -0.05) is 39.5 Å². The van der Waals surface area contributed by atoms with Gasteiger partial charge in [-0.05, 0) is 26.8 Å².